The van der Waals surface area contributed by atoms with Crippen molar-refractivity contribution in [1.82, 2.24) is 0 Å². The molecule has 0 aliphatic rings. The van der Waals surface area contributed by atoms with E-state index in [1.54, 1.807) is 30.3 Å². The molecule has 0 saturated carbocycles. The molecule has 0 fully saturated rings. The van der Waals surface area contributed by atoms with Gasteiger partial charge >= 0.3 is 0 Å². The van der Waals surface area contributed by atoms with Crippen molar-refractivity contribution < 1.29 is 9.18 Å². The Morgan fingerprint density at radius 3 is 2.53 bits per heavy atom. The molecule has 1 unspecified atom stereocenters. The molecule has 4 heteroatoms. The molecule has 1 atom stereocenters. The quantitative estimate of drug-likeness (QED) is 0.629. The van der Waals surface area contributed by atoms with E-state index in [1.807, 2.05) is 6.07 Å². The summed E-state index contributed by atoms with van der Waals surface area (Å²) in [4.78, 5) is 12.2. The van der Waals surface area contributed by atoms with E-state index in [4.69, 9.17) is 16.9 Å². The Labute approximate surface area is 115 Å². The van der Waals surface area contributed by atoms with Crippen LogP contribution in [-0.4, -0.2) is 5.78 Å². The van der Waals surface area contributed by atoms with Crippen LogP contribution in [0.5, 0.6) is 0 Å². The minimum absolute atomic E-state index is 0.164. The summed E-state index contributed by atoms with van der Waals surface area (Å²) in [5.41, 5.74) is 0.724. The van der Waals surface area contributed by atoms with Crippen molar-refractivity contribution in [3.05, 3.63) is 71.0 Å². The van der Waals surface area contributed by atoms with Crippen LogP contribution in [0.4, 0.5) is 4.39 Å². The van der Waals surface area contributed by atoms with Crippen LogP contribution < -0.4 is 0 Å². The Kier molecular flexibility index (Phi) is 3.94. The van der Waals surface area contributed by atoms with Gasteiger partial charge in [0.05, 0.1) is 5.56 Å². The van der Waals surface area contributed by atoms with Crippen LogP contribution in [0, 0.1) is 17.1 Å². The fraction of sp³-hybridized carbons (Fsp3) is 0.0667. The van der Waals surface area contributed by atoms with Crippen molar-refractivity contribution >= 4 is 17.4 Å². The van der Waals surface area contributed by atoms with Gasteiger partial charge in [-0.25, -0.2) is 4.39 Å². The molecule has 0 N–H and O–H groups in total. The van der Waals surface area contributed by atoms with Crippen LogP contribution in [0.1, 0.15) is 26.9 Å². The number of Topliss-reactive ketones (excluding diaryl/α,β-unsaturated/α-hetero) is 1. The summed E-state index contributed by atoms with van der Waals surface area (Å²) in [5, 5.41) is 7.90. The fourth-order valence-electron chi connectivity index (χ4n) is 1.68. The lowest BCUT2D eigenvalue weighted by molar-refractivity contribution is 0.0987. The van der Waals surface area contributed by atoms with Gasteiger partial charge in [-0.15, -0.1) is 11.6 Å². The Morgan fingerprint density at radius 2 is 1.89 bits per heavy atom. The maximum Gasteiger partial charge on any atom is 0.185 e. The molecule has 0 heterocycles. The van der Waals surface area contributed by atoms with Crippen molar-refractivity contribution in [2.45, 2.75) is 5.38 Å². The number of nitriles is 1. The third-order valence-electron chi connectivity index (χ3n) is 2.69. The molecule has 0 amide bonds. The highest BCUT2D eigenvalue weighted by Crippen LogP contribution is 2.25. The van der Waals surface area contributed by atoms with Gasteiger partial charge < -0.3 is 0 Å². The van der Waals surface area contributed by atoms with E-state index in [0.717, 1.165) is 6.07 Å². The predicted molar refractivity (Wildman–Crippen MR) is 70.5 cm³/mol. The van der Waals surface area contributed by atoms with Crippen LogP contribution in [0.3, 0.4) is 0 Å². The summed E-state index contributed by atoms with van der Waals surface area (Å²) in [5.74, 6) is -1.01. The number of alkyl halides is 1. The van der Waals surface area contributed by atoms with E-state index in [2.05, 4.69) is 0 Å². The summed E-state index contributed by atoms with van der Waals surface area (Å²) in [6.45, 7) is 0. The van der Waals surface area contributed by atoms with Crippen molar-refractivity contribution in [3.8, 4) is 6.07 Å². The molecule has 2 rings (SSSR count). The van der Waals surface area contributed by atoms with Gasteiger partial charge in [0.15, 0.2) is 5.78 Å². The van der Waals surface area contributed by atoms with Gasteiger partial charge in [0.2, 0.25) is 0 Å². The molecule has 2 nitrogen and oxygen atoms in total. The number of halogens is 2. The smallest absolute Gasteiger partial charge is 0.185 e. The van der Waals surface area contributed by atoms with E-state index in [1.165, 1.54) is 12.1 Å². The Balaban J connectivity index is 2.33. The lowest BCUT2D eigenvalue weighted by Crippen LogP contribution is -2.08. The van der Waals surface area contributed by atoms with E-state index in [-0.39, 0.29) is 16.9 Å². The second-order valence-electron chi connectivity index (χ2n) is 3.94. The van der Waals surface area contributed by atoms with Gasteiger partial charge in [-0.3, -0.25) is 4.79 Å². The highest BCUT2D eigenvalue weighted by Gasteiger charge is 2.20. The zero-order valence-corrected chi connectivity index (χ0v) is 10.6. The van der Waals surface area contributed by atoms with E-state index >= 15 is 0 Å². The van der Waals surface area contributed by atoms with Gasteiger partial charge in [-0.1, -0.05) is 30.3 Å². The SMILES string of the molecule is N#Cc1cc(C(=O)C(Cl)c2ccccc2)ccc1F. The molecule has 0 spiro atoms. The second-order valence-corrected chi connectivity index (χ2v) is 4.38. The van der Waals surface area contributed by atoms with Crippen LogP contribution in [-0.2, 0) is 0 Å². The lowest BCUT2D eigenvalue weighted by atomic mass is 10.0. The first kappa shape index (κ1) is 13.3. The molecule has 0 bridgehead atoms. The van der Waals surface area contributed by atoms with Gasteiger partial charge in [-0.05, 0) is 23.8 Å². The highest BCUT2D eigenvalue weighted by atomic mass is 35.5. The molecule has 0 saturated heterocycles. The second kappa shape index (κ2) is 5.64. The molecule has 94 valence electrons. The predicted octanol–water partition coefficient (Wildman–Crippen LogP) is 3.86. The Hall–Kier alpha value is -2.18. The molecule has 0 aromatic heterocycles. The molecule has 0 aliphatic heterocycles. The summed E-state index contributed by atoms with van der Waals surface area (Å²) in [6.07, 6.45) is 0. The molecule has 2 aromatic rings. The van der Waals surface area contributed by atoms with Gasteiger partial charge in [0, 0.05) is 5.56 Å². The summed E-state index contributed by atoms with van der Waals surface area (Å²) in [7, 11) is 0. The normalized spacial score (nSPS) is 11.6. The van der Waals surface area contributed by atoms with Crippen molar-refractivity contribution in [3.63, 3.8) is 0 Å². The van der Waals surface area contributed by atoms with E-state index in [9.17, 15) is 9.18 Å². The number of carbonyl (C=O) groups excluding carboxylic acids is 1. The number of rotatable bonds is 3. The third-order valence-corrected chi connectivity index (χ3v) is 3.14. The van der Waals surface area contributed by atoms with Crippen molar-refractivity contribution in [2.24, 2.45) is 0 Å². The summed E-state index contributed by atoms with van der Waals surface area (Å²) in [6, 6.07) is 14.2. The topological polar surface area (TPSA) is 40.9 Å². The zero-order chi connectivity index (χ0) is 13.8. The fourth-order valence-corrected chi connectivity index (χ4v) is 1.96. The first-order valence-corrected chi connectivity index (χ1v) is 6.00. The van der Waals surface area contributed by atoms with Gasteiger partial charge in [-0.2, -0.15) is 5.26 Å². The van der Waals surface area contributed by atoms with E-state index in [0.29, 0.717) is 5.56 Å². The summed E-state index contributed by atoms with van der Waals surface area (Å²) < 4.78 is 13.2. The molecule has 2 aromatic carbocycles. The number of hydrogen-bond acceptors (Lipinski definition) is 2. The van der Waals surface area contributed by atoms with Crippen LogP contribution in [0.2, 0.25) is 0 Å². The molecule has 19 heavy (non-hydrogen) atoms. The molecular formula is C15H9ClFNO. The van der Waals surface area contributed by atoms with Crippen LogP contribution >= 0.6 is 11.6 Å². The number of nitrogens with zero attached hydrogens (tertiary/aromatic N) is 1. The summed E-state index contributed by atoms with van der Waals surface area (Å²) >= 11 is 6.10. The van der Waals surface area contributed by atoms with Crippen LogP contribution in [0.25, 0.3) is 0 Å². The first-order valence-electron chi connectivity index (χ1n) is 5.56. The van der Waals surface area contributed by atoms with Crippen molar-refractivity contribution in [2.75, 3.05) is 0 Å². The monoisotopic (exact) mass is 273 g/mol. The Bertz CT molecular complexity index is 649. The minimum Gasteiger partial charge on any atom is -0.292 e. The number of ketones is 1. The van der Waals surface area contributed by atoms with E-state index < -0.39 is 11.2 Å². The third kappa shape index (κ3) is 2.81. The minimum atomic E-state index is -0.849. The average molecular weight is 274 g/mol. The maximum absolute atomic E-state index is 13.2. The standard InChI is InChI=1S/C15H9ClFNO/c16-14(10-4-2-1-3-5-10)15(19)11-6-7-13(17)12(8-11)9-18/h1-8,14H. The molecule has 0 radical (unpaired) electrons. The highest BCUT2D eigenvalue weighted by molar-refractivity contribution is 6.33. The maximum atomic E-state index is 13.2. The van der Waals surface area contributed by atoms with Crippen LogP contribution in [0.15, 0.2) is 48.5 Å². The van der Waals surface area contributed by atoms with Gasteiger partial charge in [0.1, 0.15) is 17.3 Å². The lowest BCUT2D eigenvalue weighted by Gasteiger charge is -2.09. The average Bonchev–Trinajstić information content (AvgIpc) is 2.47. The molecule has 0 aliphatic carbocycles. The first-order chi connectivity index (χ1) is 9.13. The largest absolute Gasteiger partial charge is 0.292 e. The van der Waals surface area contributed by atoms with Crippen molar-refractivity contribution in [1.29, 1.82) is 5.26 Å². The van der Waals surface area contributed by atoms with Gasteiger partial charge in [0.25, 0.3) is 0 Å². The number of hydrogen-bond donors (Lipinski definition) is 0. The number of benzene rings is 2. The Morgan fingerprint density at radius 1 is 1.21 bits per heavy atom. The zero-order valence-electron chi connectivity index (χ0n) is 9.81. The number of carbonyl (C=O) groups is 1. The molecular weight excluding hydrogens is 265 g/mol.